The van der Waals surface area contributed by atoms with Crippen molar-refractivity contribution in [3.63, 3.8) is 0 Å². The first-order valence-electron chi connectivity index (χ1n) is 5.36. The third kappa shape index (κ3) is 2.95. The van der Waals surface area contributed by atoms with Gasteiger partial charge in [0.15, 0.2) is 0 Å². The van der Waals surface area contributed by atoms with Crippen LogP contribution in [0.1, 0.15) is 20.3 Å². The quantitative estimate of drug-likeness (QED) is 0.635. The normalized spacial score (nSPS) is 13.7. The molecule has 1 unspecified atom stereocenters. The summed E-state index contributed by atoms with van der Waals surface area (Å²) in [5, 5.41) is 22.1. The molecule has 0 aromatic heterocycles. The van der Waals surface area contributed by atoms with Crippen molar-refractivity contribution in [3.8, 4) is 0 Å². The summed E-state index contributed by atoms with van der Waals surface area (Å²) in [4.78, 5) is 20.8. The number of hydrogen-bond donors (Lipinski definition) is 2. The molecule has 0 bridgehead atoms. The Kier molecular flexibility index (Phi) is 4.03. The Balaban J connectivity index is 3.34. The summed E-state index contributed by atoms with van der Waals surface area (Å²) in [6, 6.07) is 1.06. The number of nitrogens with zero attached hydrogens (tertiary/aromatic N) is 1. The second-order valence-electron chi connectivity index (χ2n) is 4.16. The summed E-state index contributed by atoms with van der Waals surface area (Å²) >= 11 is 0. The Labute approximate surface area is 107 Å². The first kappa shape index (κ1) is 14.8. The van der Waals surface area contributed by atoms with Gasteiger partial charge in [-0.25, -0.2) is 9.18 Å². The molecule has 0 spiro atoms. The van der Waals surface area contributed by atoms with Gasteiger partial charge in [0.2, 0.25) is 5.82 Å². The number of carboxylic acids is 1. The number of carboxylic acid groups (broad SMARTS) is 1. The molecule has 0 aliphatic rings. The summed E-state index contributed by atoms with van der Waals surface area (Å²) < 4.78 is 26.5. The van der Waals surface area contributed by atoms with Crippen molar-refractivity contribution in [1.29, 1.82) is 0 Å². The molecule has 0 heterocycles. The van der Waals surface area contributed by atoms with Gasteiger partial charge in [0.1, 0.15) is 17.0 Å². The van der Waals surface area contributed by atoms with Crippen molar-refractivity contribution in [2.24, 2.45) is 0 Å². The van der Waals surface area contributed by atoms with Gasteiger partial charge in [0.25, 0.3) is 0 Å². The summed E-state index contributed by atoms with van der Waals surface area (Å²) in [5.74, 6) is -3.68. The van der Waals surface area contributed by atoms with Gasteiger partial charge in [-0.3, -0.25) is 10.1 Å². The summed E-state index contributed by atoms with van der Waals surface area (Å²) in [5.41, 5.74) is -3.05. The first-order chi connectivity index (χ1) is 8.71. The number of nitro benzene ring substituents is 1. The Morgan fingerprint density at radius 3 is 2.53 bits per heavy atom. The minimum absolute atomic E-state index is 0.0671. The molecule has 0 amide bonds. The zero-order valence-electron chi connectivity index (χ0n) is 10.2. The van der Waals surface area contributed by atoms with Crippen LogP contribution in [0.15, 0.2) is 12.1 Å². The lowest BCUT2D eigenvalue weighted by atomic mass is 9.98. The van der Waals surface area contributed by atoms with E-state index < -0.39 is 39.4 Å². The number of nitrogens with one attached hydrogen (secondary N) is 1. The van der Waals surface area contributed by atoms with Crippen LogP contribution in [0, 0.1) is 21.7 Å². The van der Waals surface area contributed by atoms with Crippen molar-refractivity contribution >= 4 is 17.3 Å². The van der Waals surface area contributed by atoms with E-state index in [9.17, 15) is 23.7 Å². The van der Waals surface area contributed by atoms with E-state index in [-0.39, 0.29) is 6.42 Å². The van der Waals surface area contributed by atoms with E-state index in [1.54, 1.807) is 0 Å². The van der Waals surface area contributed by atoms with E-state index in [2.05, 4.69) is 5.32 Å². The molecule has 0 saturated carbocycles. The molecule has 0 saturated heterocycles. The molecule has 6 nitrogen and oxygen atoms in total. The highest BCUT2D eigenvalue weighted by Gasteiger charge is 2.34. The maximum Gasteiger partial charge on any atom is 0.329 e. The highest BCUT2D eigenvalue weighted by Crippen LogP contribution is 2.31. The fourth-order valence-corrected chi connectivity index (χ4v) is 1.44. The van der Waals surface area contributed by atoms with Crippen molar-refractivity contribution in [3.05, 3.63) is 33.9 Å². The maximum absolute atomic E-state index is 13.4. The minimum atomic E-state index is -1.56. The van der Waals surface area contributed by atoms with Gasteiger partial charge in [0.05, 0.1) is 4.92 Å². The lowest BCUT2D eigenvalue weighted by Crippen LogP contribution is -2.42. The smallest absolute Gasteiger partial charge is 0.329 e. The molecule has 1 aromatic carbocycles. The van der Waals surface area contributed by atoms with Crippen molar-refractivity contribution in [2.45, 2.75) is 25.8 Å². The van der Waals surface area contributed by atoms with Gasteiger partial charge >= 0.3 is 11.7 Å². The molecule has 8 heteroatoms. The largest absolute Gasteiger partial charge is 0.480 e. The molecule has 1 aromatic rings. The molecule has 2 N–H and O–H groups in total. The topological polar surface area (TPSA) is 92.5 Å². The molecular weight excluding hydrogens is 262 g/mol. The monoisotopic (exact) mass is 274 g/mol. The zero-order chi connectivity index (χ0) is 14.8. The highest BCUT2D eigenvalue weighted by atomic mass is 19.1. The van der Waals surface area contributed by atoms with Crippen LogP contribution in [0.2, 0.25) is 0 Å². The fourth-order valence-electron chi connectivity index (χ4n) is 1.44. The van der Waals surface area contributed by atoms with Crippen LogP contribution in [0.25, 0.3) is 0 Å². The van der Waals surface area contributed by atoms with E-state index >= 15 is 0 Å². The number of carbonyl (C=O) groups is 1. The second kappa shape index (κ2) is 5.17. The highest BCUT2D eigenvalue weighted by molar-refractivity contribution is 5.83. The van der Waals surface area contributed by atoms with Crippen LogP contribution in [0.5, 0.6) is 0 Å². The van der Waals surface area contributed by atoms with Gasteiger partial charge in [-0.1, -0.05) is 6.92 Å². The van der Waals surface area contributed by atoms with E-state index in [1.165, 1.54) is 13.8 Å². The van der Waals surface area contributed by atoms with Gasteiger partial charge in [-0.15, -0.1) is 0 Å². The number of anilines is 1. The lowest BCUT2D eigenvalue weighted by molar-refractivity contribution is -0.386. The molecule has 0 radical (unpaired) electrons. The van der Waals surface area contributed by atoms with Gasteiger partial charge in [-0.2, -0.15) is 4.39 Å². The predicted octanol–water partition coefficient (Wildman–Crippen LogP) is 2.54. The Morgan fingerprint density at radius 1 is 1.53 bits per heavy atom. The Bertz CT molecular complexity index is 536. The average molecular weight is 274 g/mol. The summed E-state index contributed by atoms with van der Waals surface area (Å²) in [6.07, 6.45) is 0.0671. The molecule has 19 heavy (non-hydrogen) atoms. The Morgan fingerprint density at radius 2 is 2.11 bits per heavy atom. The number of halogens is 2. The van der Waals surface area contributed by atoms with Crippen molar-refractivity contribution in [2.75, 3.05) is 5.32 Å². The third-order valence-electron chi connectivity index (χ3n) is 2.80. The van der Waals surface area contributed by atoms with Crippen LogP contribution in [-0.2, 0) is 4.79 Å². The average Bonchev–Trinajstić information content (AvgIpc) is 2.26. The van der Waals surface area contributed by atoms with Crippen molar-refractivity contribution < 1.29 is 23.6 Å². The molecule has 0 aliphatic carbocycles. The lowest BCUT2D eigenvalue weighted by Gasteiger charge is -2.25. The standard InChI is InChI=1S/C11H12F2N2O4/c1-3-11(2,10(16)17)14-8-5-6(12)4-7(13)9(8)15(18)19/h4-5,14H,3H2,1-2H3,(H,16,17). The summed E-state index contributed by atoms with van der Waals surface area (Å²) in [6.45, 7) is 2.80. The fraction of sp³-hybridized carbons (Fsp3) is 0.364. The minimum Gasteiger partial charge on any atom is -0.480 e. The van der Waals surface area contributed by atoms with Gasteiger partial charge in [0, 0.05) is 12.1 Å². The van der Waals surface area contributed by atoms with E-state index in [4.69, 9.17) is 5.11 Å². The van der Waals surface area contributed by atoms with Crippen molar-refractivity contribution in [1.82, 2.24) is 0 Å². The molecule has 104 valence electrons. The third-order valence-corrected chi connectivity index (χ3v) is 2.80. The number of hydrogen-bond acceptors (Lipinski definition) is 4. The molecule has 1 rings (SSSR count). The number of aliphatic carboxylic acids is 1. The van der Waals surface area contributed by atoms with Gasteiger partial charge < -0.3 is 10.4 Å². The molecule has 0 aliphatic heterocycles. The number of benzene rings is 1. The number of nitro groups is 1. The zero-order valence-corrected chi connectivity index (χ0v) is 10.2. The first-order valence-corrected chi connectivity index (χ1v) is 5.36. The van der Waals surface area contributed by atoms with Crippen LogP contribution in [0.4, 0.5) is 20.2 Å². The van der Waals surface area contributed by atoms with E-state index in [0.717, 1.165) is 0 Å². The Hall–Kier alpha value is -2.25. The molecule has 0 fully saturated rings. The van der Waals surface area contributed by atoms with Crippen LogP contribution >= 0.6 is 0 Å². The molecule has 1 atom stereocenters. The number of rotatable bonds is 5. The van der Waals surface area contributed by atoms with E-state index in [0.29, 0.717) is 12.1 Å². The maximum atomic E-state index is 13.4. The van der Waals surface area contributed by atoms with Gasteiger partial charge in [-0.05, 0) is 13.3 Å². The second-order valence-corrected chi connectivity index (χ2v) is 4.16. The van der Waals surface area contributed by atoms with Crippen LogP contribution in [0.3, 0.4) is 0 Å². The molecular formula is C11H12F2N2O4. The van der Waals surface area contributed by atoms with Crippen LogP contribution in [-0.4, -0.2) is 21.5 Å². The summed E-state index contributed by atoms with van der Waals surface area (Å²) in [7, 11) is 0. The predicted molar refractivity (Wildman–Crippen MR) is 63.0 cm³/mol. The SMILES string of the molecule is CCC(C)(Nc1cc(F)cc(F)c1[N+](=O)[O-])C(=O)O. The van der Waals surface area contributed by atoms with Crippen LogP contribution < -0.4 is 5.32 Å². The van der Waals surface area contributed by atoms with E-state index in [1.807, 2.05) is 0 Å².